The quantitative estimate of drug-likeness (QED) is 0.102. The summed E-state index contributed by atoms with van der Waals surface area (Å²) in [6.45, 7) is 14.9. The average Bonchev–Trinajstić information content (AvgIpc) is 1.59. The van der Waals surface area contributed by atoms with Gasteiger partial charge in [-0.3, -0.25) is 9.59 Å². The molecule has 0 aromatic heterocycles. The highest BCUT2D eigenvalue weighted by molar-refractivity contribution is 6.33. The molecule has 2 spiro atoms. The molecule has 0 radical (unpaired) electrons. The molecule has 0 bridgehead atoms. The summed E-state index contributed by atoms with van der Waals surface area (Å²) in [7, 11) is 4.10. The number of halogens is 1. The molecule has 10 heterocycles. The van der Waals surface area contributed by atoms with Crippen LogP contribution in [0.15, 0.2) is 6.07 Å². The summed E-state index contributed by atoms with van der Waals surface area (Å²) in [6.07, 6.45) is -32.8. The number of benzene rings is 1. The van der Waals surface area contributed by atoms with E-state index in [1.54, 1.807) is 48.5 Å². The highest BCUT2D eigenvalue weighted by Gasteiger charge is 2.73. The third-order valence-corrected chi connectivity index (χ3v) is 19.6. The molecule has 7 N–H and O–H groups in total. The lowest BCUT2D eigenvalue weighted by molar-refractivity contribution is -0.428. The lowest BCUT2D eigenvalue weighted by Gasteiger charge is -2.49. The van der Waals surface area contributed by atoms with Gasteiger partial charge in [0.05, 0.1) is 73.3 Å². The predicted octanol–water partition coefficient (Wildman–Crippen LogP) is 0.0956. The van der Waals surface area contributed by atoms with E-state index in [-0.39, 0.29) is 55.4 Å². The van der Waals surface area contributed by atoms with Crippen LogP contribution in [0.2, 0.25) is 5.02 Å². The zero-order valence-electron chi connectivity index (χ0n) is 53.7. The van der Waals surface area contributed by atoms with Crippen LogP contribution in [-0.4, -0.2) is 284 Å². The molecule has 32 nitrogen and oxygen atoms in total. The van der Waals surface area contributed by atoms with Crippen LogP contribution < -0.4 is 0 Å². The Morgan fingerprint density at radius 2 is 1.35 bits per heavy atom. The Kier molecular flexibility index (Phi) is 21.0. The SMILES string of the molecule is COCC1OC(OC2OCC3OC4(OC3C2OC(=O)C(C)C)OC(C)C(O)(C(C)=O)C2OCOC24)C(OC)C(O)C1OC1OC(C)C(OC)C(OC2CC3(C)OC4(CC(O)C(OC5CC(O)C(OC(=O)c6c(O)cc(O)c(Cl)c6C)C(C)O5)C(C)O4)OC3C(C)O2)C1O. The molecule has 526 valence electrons. The van der Waals surface area contributed by atoms with E-state index in [1.165, 1.54) is 42.1 Å². The molecule has 31 atom stereocenters. The number of esters is 2. The number of fused-ring (bicyclic) bond motifs is 4. The molecule has 93 heavy (non-hydrogen) atoms. The first-order valence-corrected chi connectivity index (χ1v) is 31.6. The first-order valence-electron chi connectivity index (χ1n) is 31.2. The number of Topliss-reactive ketones (excluding diaryl/α,β-unsaturated/α-hetero) is 1. The zero-order chi connectivity index (χ0) is 67.3. The second-order valence-electron chi connectivity index (χ2n) is 25.9. The fourth-order valence-electron chi connectivity index (χ4n) is 14.4. The molecular formula is C60H87ClO32. The van der Waals surface area contributed by atoms with Gasteiger partial charge in [0.25, 0.3) is 5.97 Å². The molecule has 0 amide bonds. The maximum absolute atomic E-state index is 13.4. The molecular weight excluding hydrogens is 1270 g/mol. The second kappa shape index (κ2) is 27.4. The van der Waals surface area contributed by atoms with E-state index in [0.29, 0.717) is 0 Å². The van der Waals surface area contributed by atoms with E-state index in [1.807, 2.05) is 0 Å². The van der Waals surface area contributed by atoms with E-state index in [4.69, 9.17) is 116 Å². The molecule has 0 saturated carbocycles. The third-order valence-electron chi connectivity index (χ3n) is 19.1. The van der Waals surface area contributed by atoms with Crippen molar-refractivity contribution >= 4 is 29.3 Å². The second-order valence-corrected chi connectivity index (χ2v) is 26.3. The first-order chi connectivity index (χ1) is 43.9. The number of hydrogen-bond acceptors (Lipinski definition) is 32. The van der Waals surface area contributed by atoms with E-state index >= 15 is 0 Å². The Hall–Kier alpha value is -3.28. The van der Waals surface area contributed by atoms with Gasteiger partial charge in [0.1, 0.15) is 103 Å². The molecule has 11 rings (SSSR count). The number of phenols is 2. The summed E-state index contributed by atoms with van der Waals surface area (Å²) in [5.41, 5.74) is -3.55. The normalized spacial score (nSPS) is 48.1. The number of aliphatic hydroxyl groups is 5. The largest absolute Gasteiger partial charge is 0.507 e. The molecule has 0 aliphatic carbocycles. The van der Waals surface area contributed by atoms with Crippen molar-refractivity contribution in [2.45, 2.75) is 277 Å². The van der Waals surface area contributed by atoms with Gasteiger partial charge in [-0.2, -0.15) is 0 Å². The molecule has 1 aromatic rings. The highest BCUT2D eigenvalue weighted by atomic mass is 35.5. The van der Waals surface area contributed by atoms with Crippen molar-refractivity contribution in [2.24, 2.45) is 5.92 Å². The van der Waals surface area contributed by atoms with Gasteiger partial charge in [0.15, 0.2) is 54.9 Å². The van der Waals surface area contributed by atoms with Gasteiger partial charge < -0.3 is 140 Å². The number of hydrogen-bond donors (Lipinski definition) is 7. The van der Waals surface area contributed by atoms with Crippen molar-refractivity contribution in [1.82, 2.24) is 0 Å². The van der Waals surface area contributed by atoms with Gasteiger partial charge in [-0.25, -0.2) is 4.79 Å². The number of carbonyl (C=O) groups excluding carboxylic acids is 3. The van der Waals surface area contributed by atoms with E-state index in [0.717, 1.165) is 6.07 Å². The smallest absolute Gasteiger partial charge is 0.342 e. The van der Waals surface area contributed by atoms with Gasteiger partial charge in [-0.1, -0.05) is 25.4 Å². The Morgan fingerprint density at radius 3 is 2.02 bits per heavy atom. The van der Waals surface area contributed by atoms with Crippen LogP contribution in [0.5, 0.6) is 11.5 Å². The number of ether oxygens (including phenoxy) is 22. The summed E-state index contributed by atoms with van der Waals surface area (Å²) < 4.78 is 136. The number of phenolic OH excluding ortho intramolecular Hbond substituents is 2. The maximum atomic E-state index is 13.4. The minimum Gasteiger partial charge on any atom is -0.507 e. The lowest BCUT2D eigenvalue weighted by Crippen LogP contribution is -2.72. The van der Waals surface area contributed by atoms with Crippen LogP contribution in [0.25, 0.3) is 0 Å². The lowest BCUT2D eigenvalue weighted by atomic mass is 9.81. The molecule has 10 fully saturated rings. The van der Waals surface area contributed by atoms with Gasteiger partial charge in [-0.05, 0) is 61.0 Å². The molecule has 33 heteroatoms. The minimum absolute atomic E-state index is 0.00279. The van der Waals surface area contributed by atoms with Gasteiger partial charge >= 0.3 is 17.9 Å². The summed E-state index contributed by atoms with van der Waals surface area (Å²) in [5, 5.41) is 79.2. The average molecular weight is 1360 g/mol. The number of methoxy groups -OCH3 is 3. The molecule has 10 aliphatic heterocycles. The minimum atomic E-state index is -2.13. The molecule has 10 saturated heterocycles. The zero-order valence-corrected chi connectivity index (χ0v) is 54.5. The van der Waals surface area contributed by atoms with Gasteiger partial charge in [0, 0.05) is 40.2 Å². The third kappa shape index (κ3) is 13.1. The standard InChI is InChI=1S/C60H87ClO32/c1-21(2)52(69)85-48-45-34(90-60(91-45)51-50(76-20-77-51)59(71,27(8)62)28(9)89-60)19-75-55(48)87-56-47(74-13)39(67)44(33(81-56)18-72-11)86-54-40(68)46(43(73-12)24(5)80-54)83-36-17-57(10)49(26(7)79-36)92-58(93-57)16-32(66)42(25(6)88-58)82-35-15-31(65)41(23(4)78-35)84-53(70)37-22(3)38(61)30(64)14-29(37)63/h14,21,23-26,28,31-36,39-51,54-56,63-68,71H,15-20H2,1-13H3. The summed E-state index contributed by atoms with van der Waals surface area (Å²) in [6, 6.07) is 0.910. The fourth-order valence-corrected chi connectivity index (χ4v) is 14.5. The van der Waals surface area contributed by atoms with Crippen molar-refractivity contribution in [2.75, 3.05) is 41.3 Å². The molecule has 1 aromatic carbocycles. The number of aliphatic hydroxyl groups excluding tert-OH is 4. The van der Waals surface area contributed by atoms with Crippen LogP contribution in [0.1, 0.15) is 97.5 Å². The number of ketones is 1. The Labute approximate surface area is 540 Å². The first kappa shape index (κ1) is 71.0. The van der Waals surface area contributed by atoms with E-state index < -0.39 is 224 Å². The Morgan fingerprint density at radius 1 is 0.667 bits per heavy atom. The van der Waals surface area contributed by atoms with Crippen molar-refractivity contribution in [3.8, 4) is 11.5 Å². The van der Waals surface area contributed by atoms with Crippen LogP contribution in [0, 0.1) is 12.8 Å². The Bertz CT molecular complexity index is 2810. The van der Waals surface area contributed by atoms with E-state index in [9.17, 15) is 50.1 Å². The van der Waals surface area contributed by atoms with Crippen LogP contribution in [-0.2, 0) is 114 Å². The monoisotopic (exact) mass is 1350 g/mol. The van der Waals surface area contributed by atoms with Crippen LogP contribution >= 0.6 is 11.6 Å². The molecule has 10 aliphatic rings. The number of aromatic hydroxyl groups is 2. The summed E-state index contributed by atoms with van der Waals surface area (Å²) in [4.78, 5) is 39.5. The van der Waals surface area contributed by atoms with Gasteiger partial charge in [-0.15, -0.1) is 0 Å². The Balaban J connectivity index is 0.724. The number of rotatable bonds is 17. The fraction of sp³-hybridized carbons (Fsp3) is 0.850. The summed E-state index contributed by atoms with van der Waals surface area (Å²) in [5.74, 6) is -7.83. The highest BCUT2D eigenvalue weighted by Crippen LogP contribution is 2.53. The van der Waals surface area contributed by atoms with Crippen molar-refractivity contribution in [3.63, 3.8) is 0 Å². The van der Waals surface area contributed by atoms with Crippen LogP contribution in [0.3, 0.4) is 0 Å². The topological polar surface area (TPSA) is 396 Å². The van der Waals surface area contributed by atoms with Crippen molar-refractivity contribution in [1.29, 1.82) is 0 Å². The number of carbonyl (C=O) groups is 3. The van der Waals surface area contributed by atoms with Crippen molar-refractivity contribution in [3.05, 3.63) is 22.2 Å². The van der Waals surface area contributed by atoms with Crippen molar-refractivity contribution < 1.29 is 154 Å². The predicted molar refractivity (Wildman–Crippen MR) is 303 cm³/mol. The van der Waals surface area contributed by atoms with Crippen LogP contribution in [0.4, 0.5) is 0 Å². The maximum Gasteiger partial charge on any atom is 0.342 e. The molecule has 31 unspecified atom stereocenters. The van der Waals surface area contributed by atoms with Gasteiger partial charge in [0.2, 0.25) is 6.29 Å². The summed E-state index contributed by atoms with van der Waals surface area (Å²) >= 11 is 6.11. The van der Waals surface area contributed by atoms with E-state index in [2.05, 4.69) is 0 Å².